The number of alkyl halides is 5. The van der Waals surface area contributed by atoms with E-state index in [0.29, 0.717) is 12.1 Å². The first kappa shape index (κ1) is 17.7. The molecule has 8 heteroatoms. The minimum atomic E-state index is -5.88. The molecule has 0 spiro atoms. The van der Waals surface area contributed by atoms with Crippen molar-refractivity contribution in [3.63, 3.8) is 0 Å². The number of rotatable bonds is 5. The van der Waals surface area contributed by atoms with Gasteiger partial charge >= 0.3 is 12.1 Å². The molecular formula is C13H14F7N. The fourth-order valence-corrected chi connectivity index (χ4v) is 1.77. The molecule has 21 heavy (non-hydrogen) atoms. The van der Waals surface area contributed by atoms with Gasteiger partial charge in [-0.1, -0.05) is 6.92 Å². The second-order valence-corrected chi connectivity index (χ2v) is 4.63. The van der Waals surface area contributed by atoms with Crippen LogP contribution < -0.4 is 5.32 Å². The molecule has 1 aromatic rings. The lowest BCUT2D eigenvalue weighted by molar-refractivity contribution is -0.294. The van der Waals surface area contributed by atoms with Crippen molar-refractivity contribution in [3.8, 4) is 0 Å². The normalized spacial score (nSPS) is 14.3. The van der Waals surface area contributed by atoms with Crippen LogP contribution >= 0.6 is 0 Å². The van der Waals surface area contributed by atoms with E-state index in [2.05, 4.69) is 0 Å². The summed E-state index contributed by atoms with van der Waals surface area (Å²) in [5.74, 6) is -7.59. The Labute approximate surface area is 117 Å². The number of hydrogen-bond acceptors (Lipinski definition) is 1. The van der Waals surface area contributed by atoms with Crippen LogP contribution in [0.3, 0.4) is 0 Å². The Morgan fingerprint density at radius 1 is 1.05 bits per heavy atom. The van der Waals surface area contributed by atoms with Crippen molar-refractivity contribution in [1.29, 1.82) is 0 Å². The zero-order valence-corrected chi connectivity index (χ0v) is 11.3. The van der Waals surface area contributed by atoms with Crippen LogP contribution in [0.1, 0.15) is 30.5 Å². The fraction of sp³-hybridized carbons (Fsp3) is 0.538. The molecule has 120 valence electrons. The molecule has 0 aliphatic heterocycles. The number of benzene rings is 1. The summed E-state index contributed by atoms with van der Waals surface area (Å²) < 4.78 is 91.7. The van der Waals surface area contributed by atoms with E-state index in [1.807, 2.05) is 5.32 Å². The summed E-state index contributed by atoms with van der Waals surface area (Å²) in [5.41, 5.74) is -1.23. The molecule has 1 atom stereocenters. The molecule has 1 unspecified atom stereocenters. The molecule has 0 aliphatic carbocycles. The van der Waals surface area contributed by atoms with Crippen molar-refractivity contribution in [2.24, 2.45) is 0 Å². The van der Waals surface area contributed by atoms with Gasteiger partial charge in [-0.05, 0) is 37.6 Å². The summed E-state index contributed by atoms with van der Waals surface area (Å²) in [7, 11) is 0. The van der Waals surface area contributed by atoms with Crippen molar-refractivity contribution in [1.82, 2.24) is 5.32 Å². The number of nitrogens with one attached hydrogen (secondary N) is 1. The number of hydrogen-bond donors (Lipinski definition) is 1. The van der Waals surface area contributed by atoms with Gasteiger partial charge in [-0.25, -0.2) is 8.78 Å². The lowest BCUT2D eigenvalue weighted by Gasteiger charge is -2.30. The lowest BCUT2D eigenvalue weighted by atomic mass is 9.97. The van der Waals surface area contributed by atoms with Gasteiger partial charge in [0.15, 0.2) is 0 Å². The Hall–Kier alpha value is -1.31. The highest BCUT2D eigenvalue weighted by Crippen LogP contribution is 2.45. The summed E-state index contributed by atoms with van der Waals surface area (Å²) >= 11 is 0. The van der Waals surface area contributed by atoms with E-state index >= 15 is 0 Å². The first-order valence-electron chi connectivity index (χ1n) is 6.15. The third-order valence-corrected chi connectivity index (χ3v) is 2.93. The zero-order chi connectivity index (χ0) is 16.4. The molecule has 1 rings (SSSR count). The van der Waals surface area contributed by atoms with Crippen molar-refractivity contribution in [2.45, 2.75) is 38.4 Å². The van der Waals surface area contributed by atoms with Crippen LogP contribution in [0.2, 0.25) is 0 Å². The third-order valence-electron chi connectivity index (χ3n) is 2.93. The lowest BCUT2D eigenvalue weighted by Crippen LogP contribution is -2.48. The largest absolute Gasteiger partial charge is 0.455 e. The standard InChI is InChI=1S/C13H14F7N/c1-3-4-21-11(12(16,17)13(18,19)20)8-6-9(14)7(2)5-10(8)15/h5-6,11,21H,3-4H2,1-2H3. The molecule has 0 fully saturated rings. The van der Waals surface area contributed by atoms with Gasteiger partial charge in [-0.2, -0.15) is 22.0 Å². The molecule has 0 amide bonds. The van der Waals surface area contributed by atoms with E-state index in [1.54, 1.807) is 6.92 Å². The Balaban J connectivity index is 3.36. The molecule has 0 aromatic heterocycles. The summed E-state index contributed by atoms with van der Waals surface area (Å²) in [6, 6.07) is -1.72. The van der Waals surface area contributed by atoms with Crippen LogP contribution in [0.15, 0.2) is 12.1 Å². The molecule has 0 heterocycles. The van der Waals surface area contributed by atoms with E-state index in [0.717, 1.165) is 0 Å². The molecule has 1 N–H and O–H groups in total. The van der Waals surface area contributed by atoms with Crippen LogP contribution in [-0.2, 0) is 0 Å². The van der Waals surface area contributed by atoms with Crippen LogP contribution in [0.4, 0.5) is 30.7 Å². The highest BCUT2D eigenvalue weighted by molar-refractivity contribution is 5.29. The monoisotopic (exact) mass is 317 g/mol. The maximum atomic E-state index is 13.7. The van der Waals surface area contributed by atoms with Crippen LogP contribution in [-0.4, -0.2) is 18.6 Å². The molecule has 0 bridgehead atoms. The Bertz CT molecular complexity index is 496. The van der Waals surface area contributed by atoms with E-state index in [1.165, 1.54) is 6.92 Å². The Kier molecular flexibility index (Phi) is 5.25. The van der Waals surface area contributed by atoms with E-state index in [-0.39, 0.29) is 18.5 Å². The molecule has 0 saturated heterocycles. The van der Waals surface area contributed by atoms with Gasteiger partial charge < -0.3 is 5.32 Å². The van der Waals surface area contributed by atoms with Crippen LogP contribution in [0, 0.1) is 18.6 Å². The highest BCUT2D eigenvalue weighted by Gasteiger charge is 2.63. The number of halogens is 7. The maximum Gasteiger partial charge on any atom is 0.455 e. The smallest absolute Gasteiger partial charge is 0.305 e. The molecule has 1 nitrogen and oxygen atoms in total. The predicted molar refractivity (Wildman–Crippen MR) is 63.1 cm³/mol. The van der Waals surface area contributed by atoms with Crippen LogP contribution in [0.5, 0.6) is 0 Å². The quantitative estimate of drug-likeness (QED) is 0.788. The van der Waals surface area contributed by atoms with Gasteiger partial charge in [0.1, 0.15) is 17.7 Å². The Morgan fingerprint density at radius 2 is 1.62 bits per heavy atom. The van der Waals surface area contributed by atoms with Gasteiger partial charge in [0, 0.05) is 5.56 Å². The van der Waals surface area contributed by atoms with E-state index in [4.69, 9.17) is 0 Å². The first-order valence-corrected chi connectivity index (χ1v) is 6.15. The van der Waals surface area contributed by atoms with E-state index in [9.17, 15) is 30.7 Å². The van der Waals surface area contributed by atoms with Gasteiger partial charge in [0.05, 0.1) is 0 Å². The van der Waals surface area contributed by atoms with Crippen molar-refractivity contribution in [3.05, 3.63) is 34.9 Å². The summed E-state index contributed by atoms with van der Waals surface area (Å²) in [6.07, 6.45) is -5.63. The average molecular weight is 317 g/mol. The summed E-state index contributed by atoms with van der Waals surface area (Å²) in [4.78, 5) is 0. The topological polar surface area (TPSA) is 12.0 Å². The third kappa shape index (κ3) is 3.66. The van der Waals surface area contributed by atoms with Crippen LogP contribution in [0.25, 0.3) is 0 Å². The summed E-state index contributed by atoms with van der Waals surface area (Å²) in [6.45, 7) is 2.52. The molecular weight excluding hydrogens is 303 g/mol. The highest BCUT2D eigenvalue weighted by atomic mass is 19.4. The van der Waals surface area contributed by atoms with Crippen molar-refractivity contribution < 1.29 is 30.7 Å². The average Bonchev–Trinajstić information content (AvgIpc) is 2.34. The molecule has 0 saturated carbocycles. The van der Waals surface area contributed by atoms with Gasteiger partial charge in [0.25, 0.3) is 0 Å². The van der Waals surface area contributed by atoms with Gasteiger partial charge in [-0.3, -0.25) is 0 Å². The molecule has 0 aliphatic rings. The minimum Gasteiger partial charge on any atom is -0.305 e. The molecule has 0 radical (unpaired) electrons. The maximum absolute atomic E-state index is 13.7. The van der Waals surface area contributed by atoms with Gasteiger partial charge in [0.2, 0.25) is 0 Å². The van der Waals surface area contributed by atoms with Gasteiger partial charge in [-0.15, -0.1) is 0 Å². The second-order valence-electron chi connectivity index (χ2n) is 4.63. The minimum absolute atomic E-state index is 0.180. The second kappa shape index (κ2) is 6.21. The van der Waals surface area contributed by atoms with Crippen molar-refractivity contribution >= 4 is 0 Å². The first-order chi connectivity index (χ1) is 9.52. The molecule has 1 aromatic carbocycles. The predicted octanol–water partition coefficient (Wildman–Crippen LogP) is 4.51. The fourth-order valence-electron chi connectivity index (χ4n) is 1.77. The zero-order valence-electron chi connectivity index (χ0n) is 11.3. The summed E-state index contributed by atoms with van der Waals surface area (Å²) in [5, 5.41) is 1.94. The number of aryl methyl sites for hydroxylation is 1. The SMILES string of the molecule is CCCNC(c1cc(F)c(C)cc1F)C(F)(F)C(F)(F)F. The van der Waals surface area contributed by atoms with E-state index < -0.39 is 35.3 Å². The van der Waals surface area contributed by atoms with Crippen molar-refractivity contribution in [2.75, 3.05) is 6.54 Å². The Morgan fingerprint density at radius 3 is 2.10 bits per heavy atom.